The maximum absolute atomic E-state index is 11.8. The van der Waals surface area contributed by atoms with E-state index in [1.807, 2.05) is 0 Å². The van der Waals surface area contributed by atoms with Crippen LogP contribution in [0.4, 0.5) is 4.79 Å². The Morgan fingerprint density at radius 1 is 1.35 bits per heavy atom. The summed E-state index contributed by atoms with van der Waals surface area (Å²) in [7, 11) is 1.67. The number of rotatable bonds is 4. The van der Waals surface area contributed by atoms with Crippen LogP contribution in [0.15, 0.2) is 0 Å². The molecule has 1 fully saturated rings. The Bertz CT molecular complexity index is 277. The quantitative estimate of drug-likeness (QED) is 0.668. The van der Waals surface area contributed by atoms with Crippen LogP contribution < -0.4 is 5.32 Å². The maximum Gasteiger partial charge on any atom is 0.328 e. The van der Waals surface area contributed by atoms with Gasteiger partial charge in [-0.1, -0.05) is 19.3 Å². The number of aliphatic hydroxyl groups is 1. The van der Waals surface area contributed by atoms with E-state index in [4.69, 9.17) is 10.2 Å². The number of aliphatic hydroxyl groups excluding tert-OH is 1. The normalized spacial score (nSPS) is 18.5. The summed E-state index contributed by atoms with van der Waals surface area (Å²) in [4.78, 5) is 24.0. The lowest BCUT2D eigenvalue weighted by Gasteiger charge is -2.31. The largest absolute Gasteiger partial charge is 0.480 e. The summed E-state index contributed by atoms with van der Waals surface area (Å²) < 4.78 is 0. The molecule has 2 amide bonds. The number of carbonyl (C=O) groups is 2. The molecule has 0 spiro atoms. The predicted molar refractivity (Wildman–Crippen MR) is 61.7 cm³/mol. The SMILES string of the molecule is CN(C(=O)N[C@@H](CO)C(=O)O)C1CCCCC1. The third-order valence-electron chi connectivity index (χ3n) is 3.22. The lowest BCUT2D eigenvalue weighted by Crippen LogP contribution is -2.51. The molecule has 0 aromatic heterocycles. The van der Waals surface area contributed by atoms with Crippen molar-refractivity contribution in [2.75, 3.05) is 13.7 Å². The van der Waals surface area contributed by atoms with Crippen LogP contribution in [0.2, 0.25) is 0 Å². The van der Waals surface area contributed by atoms with Crippen molar-refractivity contribution in [2.24, 2.45) is 0 Å². The fourth-order valence-corrected chi connectivity index (χ4v) is 2.07. The van der Waals surface area contributed by atoms with Crippen molar-refractivity contribution in [3.05, 3.63) is 0 Å². The van der Waals surface area contributed by atoms with E-state index in [2.05, 4.69) is 5.32 Å². The summed E-state index contributed by atoms with van der Waals surface area (Å²) in [6, 6.07) is -1.48. The van der Waals surface area contributed by atoms with Gasteiger partial charge >= 0.3 is 12.0 Å². The Kier molecular flexibility index (Phi) is 5.21. The molecular formula is C11H20N2O4. The van der Waals surface area contributed by atoms with Gasteiger partial charge in [0.05, 0.1) is 6.61 Å². The zero-order valence-electron chi connectivity index (χ0n) is 10.1. The number of carbonyl (C=O) groups excluding carboxylic acids is 1. The highest BCUT2D eigenvalue weighted by molar-refractivity contribution is 5.82. The number of aliphatic carboxylic acids is 1. The van der Waals surface area contributed by atoms with Crippen LogP contribution in [0, 0.1) is 0 Å². The molecule has 1 saturated carbocycles. The van der Waals surface area contributed by atoms with Crippen LogP contribution in [0.1, 0.15) is 32.1 Å². The summed E-state index contributed by atoms with van der Waals surface area (Å²) in [5.74, 6) is -1.22. The zero-order chi connectivity index (χ0) is 12.8. The second-order valence-corrected chi connectivity index (χ2v) is 4.43. The molecule has 0 aliphatic heterocycles. The minimum absolute atomic E-state index is 0.178. The number of hydrogen-bond donors (Lipinski definition) is 3. The Hall–Kier alpha value is -1.30. The summed E-state index contributed by atoms with van der Waals surface area (Å²) in [5.41, 5.74) is 0. The molecule has 17 heavy (non-hydrogen) atoms. The number of nitrogens with zero attached hydrogens (tertiary/aromatic N) is 1. The molecule has 1 aliphatic rings. The van der Waals surface area contributed by atoms with Crippen molar-refractivity contribution in [1.29, 1.82) is 0 Å². The van der Waals surface area contributed by atoms with Crippen molar-refractivity contribution in [3.8, 4) is 0 Å². The van der Waals surface area contributed by atoms with E-state index in [0.717, 1.165) is 25.7 Å². The maximum atomic E-state index is 11.8. The molecule has 0 radical (unpaired) electrons. The van der Waals surface area contributed by atoms with Crippen LogP contribution in [0.25, 0.3) is 0 Å². The zero-order valence-corrected chi connectivity index (χ0v) is 10.1. The molecule has 1 aliphatic carbocycles. The van der Waals surface area contributed by atoms with E-state index in [1.165, 1.54) is 6.42 Å². The van der Waals surface area contributed by atoms with E-state index in [0.29, 0.717) is 0 Å². The van der Waals surface area contributed by atoms with Gasteiger partial charge in [0.2, 0.25) is 0 Å². The van der Waals surface area contributed by atoms with E-state index in [-0.39, 0.29) is 6.04 Å². The Morgan fingerprint density at radius 2 is 1.94 bits per heavy atom. The number of hydrogen-bond acceptors (Lipinski definition) is 3. The minimum atomic E-state index is -1.23. The number of carboxylic acids is 1. The third kappa shape index (κ3) is 3.89. The van der Waals surface area contributed by atoms with Gasteiger partial charge in [0.25, 0.3) is 0 Å². The van der Waals surface area contributed by atoms with Crippen LogP contribution in [0.3, 0.4) is 0 Å². The molecule has 0 heterocycles. The second-order valence-electron chi connectivity index (χ2n) is 4.43. The Labute approximate surface area is 101 Å². The number of amides is 2. The minimum Gasteiger partial charge on any atom is -0.480 e. The second kappa shape index (κ2) is 6.44. The Morgan fingerprint density at radius 3 is 2.41 bits per heavy atom. The van der Waals surface area contributed by atoms with Gasteiger partial charge in [-0.3, -0.25) is 0 Å². The van der Waals surface area contributed by atoms with E-state index in [1.54, 1.807) is 11.9 Å². The molecule has 1 atom stereocenters. The van der Waals surface area contributed by atoms with Crippen LogP contribution in [-0.4, -0.2) is 52.9 Å². The standard InChI is InChI=1S/C11H20N2O4/c1-13(8-5-3-2-4-6-8)11(17)12-9(7-14)10(15)16/h8-9,14H,2-7H2,1H3,(H,12,17)(H,15,16)/t9-/m0/s1. The lowest BCUT2D eigenvalue weighted by molar-refractivity contribution is -0.140. The number of urea groups is 1. The topological polar surface area (TPSA) is 89.9 Å². The molecule has 3 N–H and O–H groups in total. The molecule has 0 aromatic rings. The average Bonchev–Trinajstić information content (AvgIpc) is 2.35. The van der Waals surface area contributed by atoms with Crippen molar-refractivity contribution in [3.63, 3.8) is 0 Å². The first-order chi connectivity index (χ1) is 8.06. The van der Waals surface area contributed by atoms with Crippen molar-refractivity contribution >= 4 is 12.0 Å². The molecule has 98 valence electrons. The van der Waals surface area contributed by atoms with Crippen molar-refractivity contribution in [2.45, 2.75) is 44.2 Å². The molecule has 6 nitrogen and oxygen atoms in total. The summed E-state index contributed by atoms with van der Waals surface area (Å²) in [6.45, 7) is -0.598. The van der Waals surface area contributed by atoms with Gasteiger partial charge in [-0.05, 0) is 12.8 Å². The van der Waals surface area contributed by atoms with Crippen LogP contribution in [-0.2, 0) is 4.79 Å². The van der Waals surface area contributed by atoms with Crippen molar-refractivity contribution in [1.82, 2.24) is 10.2 Å². The van der Waals surface area contributed by atoms with Gasteiger partial charge in [0.1, 0.15) is 0 Å². The summed E-state index contributed by atoms with van der Waals surface area (Å²) in [6.07, 6.45) is 5.32. The molecule has 0 saturated heterocycles. The number of carboxylic acid groups (broad SMARTS) is 1. The predicted octanol–water partition coefficient (Wildman–Crippen LogP) is 0.406. The Balaban J connectivity index is 2.47. The molecule has 6 heteroatoms. The monoisotopic (exact) mass is 244 g/mol. The molecular weight excluding hydrogens is 224 g/mol. The molecule has 0 aromatic carbocycles. The third-order valence-corrected chi connectivity index (χ3v) is 3.22. The lowest BCUT2D eigenvalue weighted by atomic mass is 9.95. The first-order valence-corrected chi connectivity index (χ1v) is 5.93. The first kappa shape index (κ1) is 13.8. The number of nitrogens with one attached hydrogen (secondary N) is 1. The average molecular weight is 244 g/mol. The van der Waals surface area contributed by atoms with Crippen molar-refractivity contribution < 1.29 is 19.8 Å². The van der Waals surface area contributed by atoms with Gasteiger partial charge in [-0.15, -0.1) is 0 Å². The summed E-state index contributed by atoms with van der Waals surface area (Å²) >= 11 is 0. The van der Waals surface area contributed by atoms with E-state index >= 15 is 0 Å². The fraction of sp³-hybridized carbons (Fsp3) is 0.818. The van der Waals surface area contributed by atoms with Crippen LogP contribution in [0.5, 0.6) is 0 Å². The van der Waals surface area contributed by atoms with Gasteiger partial charge in [-0.2, -0.15) is 0 Å². The highest BCUT2D eigenvalue weighted by atomic mass is 16.4. The van der Waals surface area contributed by atoms with Gasteiger partial charge in [-0.25, -0.2) is 9.59 Å². The smallest absolute Gasteiger partial charge is 0.328 e. The molecule has 0 bridgehead atoms. The summed E-state index contributed by atoms with van der Waals surface area (Å²) in [5, 5.41) is 19.8. The van der Waals surface area contributed by atoms with E-state index < -0.39 is 24.6 Å². The molecule has 1 rings (SSSR count). The van der Waals surface area contributed by atoms with Crippen LogP contribution >= 0.6 is 0 Å². The highest BCUT2D eigenvalue weighted by Gasteiger charge is 2.25. The fourth-order valence-electron chi connectivity index (χ4n) is 2.07. The molecule has 0 unspecified atom stereocenters. The van der Waals surface area contributed by atoms with Gasteiger partial charge in [0.15, 0.2) is 6.04 Å². The van der Waals surface area contributed by atoms with E-state index in [9.17, 15) is 9.59 Å². The van der Waals surface area contributed by atoms with Gasteiger partial charge in [0, 0.05) is 13.1 Å². The highest BCUT2D eigenvalue weighted by Crippen LogP contribution is 2.21. The first-order valence-electron chi connectivity index (χ1n) is 5.93. The van der Waals surface area contributed by atoms with Gasteiger partial charge < -0.3 is 20.4 Å².